The van der Waals surface area contributed by atoms with Crippen LogP contribution in [0.1, 0.15) is 59.3 Å². The number of hydrogen-bond acceptors (Lipinski definition) is 2. The Kier molecular flexibility index (Phi) is 6.82. The highest BCUT2D eigenvalue weighted by atomic mass is 16.4. The van der Waals surface area contributed by atoms with Crippen molar-refractivity contribution < 1.29 is 14.7 Å². The number of hydrogen-bond donors (Lipinski definition) is 2. The van der Waals surface area contributed by atoms with Crippen molar-refractivity contribution in [1.82, 2.24) is 10.2 Å². The van der Waals surface area contributed by atoms with Crippen molar-refractivity contribution in [2.75, 3.05) is 6.54 Å². The molecule has 0 aromatic heterocycles. The number of amides is 2. The van der Waals surface area contributed by atoms with Crippen LogP contribution in [0.25, 0.3) is 0 Å². The number of unbranched alkanes of at least 4 members (excludes halogenated alkanes) is 2. The van der Waals surface area contributed by atoms with Gasteiger partial charge < -0.3 is 15.3 Å². The second-order valence-corrected chi connectivity index (χ2v) is 5.99. The Bertz CT molecular complexity index is 327. The first-order chi connectivity index (χ1) is 9.45. The third kappa shape index (κ3) is 5.80. The summed E-state index contributed by atoms with van der Waals surface area (Å²) < 4.78 is 0. The van der Waals surface area contributed by atoms with Gasteiger partial charge in [0.15, 0.2) is 0 Å². The zero-order valence-corrected chi connectivity index (χ0v) is 12.9. The van der Waals surface area contributed by atoms with E-state index in [0.717, 1.165) is 38.6 Å². The van der Waals surface area contributed by atoms with E-state index in [4.69, 9.17) is 5.11 Å². The highest BCUT2D eigenvalue weighted by molar-refractivity contribution is 5.76. The summed E-state index contributed by atoms with van der Waals surface area (Å²) in [4.78, 5) is 25.0. The minimum Gasteiger partial charge on any atom is -0.481 e. The van der Waals surface area contributed by atoms with Gasteiger partial charge in [-0.2, -0.15) is 0 Å². The van der Waals surface area contributed by atoms with Crippen LogP contribution in [-0.4, -0.2) is 40.6 Å². The van der Waals surface area contributed by atoms with Gasteiger partial charge in [0, 0.05) is 18.6 Å². The van der Waals surface area contributed by atoms with Gasteiger partial charge in [0.05, 0.1) is 6.42 Å². The highest BCUT2D eigenvalue weighted by Crippen LogP contribution is 2.34. The minimum atomic E-state index is -0.843. The molecule has 0 saturated heterocycles. The molecular formula is C15H28N2O3. The van der Waals surface area contributed by atoms with Crippen LogP contribution in [0.15, 0.2) is 0 Å². The molecule has 116 valence electrons. The summed E-state index contributed by atoms with van der Waals surface area (Å²) in [6.45, 7) is 6.86. The molecule has 1 fully saturated rings. The van der Waals surface area contributed by atoms with E-state index in [1.54, 1.807) is 0 Å². The van der Waals surface area contributed by atoms with Crippen molar-refractivity contribution in [2.24, 2.45) is 5.92 Å². The van der Waals surface area contributed by atoms with Crippen LogP contribution in [0, 0.1) is 5.92 Å². The molecule has 20 heavy (non-hydrogen) atoms. The van der Waals surface area contributed by atoms with Crippen LogP contribution in [0.4, 0.5) is 4.79 Å². The van der Waals surface area contributed by atoms with Gasteiger partial charge >= 0.3 is 12.0 Å². The first-order valence-corrected chi connectivity index (χ1v) is 7.74. The lowest BCUT2D eigenvalue weighted by atomic mass is 10.1. The molecule has 1 unspecified atom stereocenters. The average molecular weight is 284 g/mol. The van der Waals surface area contributed by atoms with E-state index in [1.807, 2.05) is 18.7 Å². The van der Waals surface area contributed by atoms with Gasteiger partial charge in [0.2, 0.25) is 0 Å². The zero-order chi connectivity index (χ0) is 15.1. The monoisotopic (exact) mass is 284 g/mol. The number of nitrogens with one attached hydrogen (secondary N) is 1. The maximum absolute atomic E-state index is 12.3. The van der Waals surface area contributed by atoms with Gasteiger partial charge in [-0.15, -0.1) is 0 Å². The molecule has 5 nitrogen and oxygen atoms in total. The molecule has 0 heterocycles. The van der Waals surface area contributed by atoms with Crippen molar-refractivity contribution in [3.63, 3.8) is 0 Å². The van der Waals surface area contributed by atoms with E-state index < -0.39 is 5.97 Å². The first-order valence-electron chi connectivity index (χ1n) is 7.74. The quantitative estimate of drug-likeness (QED) is 0.640. The van der Waals surface area contributed by atoms with Gasteiger partial charge in [-0.25, -0.2) is 4.79 Å². The highest BCUT2D eigenvalue weighted by Gasteiger charge is 2.34. The van der Waals surface area contributed by atoms with Gasteiger partial charge in [-0.1, -0.05) is 19.8 Å². The van der Waals surface area contributed by atoms with E-state index in [-0.39, 0.29) is 24.5 Å². The minimum absolute atomic E-state index is 0.0251. The van der Waals surface area contributed by atoms with Crippen molar-refractivity contribution >= 4 is 12.0 Å². The van der Waals surface area contributed by atoms with Crippen LogP contribution in [-0.2, 0) is 4.79 Å². The molecule has 0 bridgehead atoms. The standard InChI is InChI=1S/C15H28N2O3/c1-4-5-6-9-17(11(2)3)15(20)16-13(10-14(18)19)12-7-8-12/h11-13H,4-10H2,1-3H3,(H,16,20)(H,18,19). The Balaban J connectivity index is 2.51. The fourth-order valence-corrected chi connectivity index (χ4v) is 2.39. The summed E-state index contributed by atoms with van der Waals surface area (Å²) in [5.41, 5.74) is 0. The lowest BCUT2D eigenvalue weighted by Gasteiger charge is -2.29. The molecule has 1 aliphatic rings. The van der Waals surface area contributed by atoms with Crippen molar-refractivity contribution in [3.05, 3.63) is 0 Å². The van der Waals surface area contributed by atoms with Gasteiger partial charge in [0.25, 0.3) is 0 Å². The van der Waals surface area contributed by atoms with Crippen LogP contribution >= 0.6 is 0 Å². The van der Waals surface area contributed by atoms with Gasteiger partial charge in [-0.3, -0.25) is 4.79 Å². The topological polar surface area (TPSA) is 69.6 Å². The summed E-state index contributed by atoms with van der Waals surface area (Å²) in [7, 11) is 0. The first kappa shape index (κ1) is 16.8. The van der Waals surface area contributed by atoms with E-state index >= 15 is 0 Å². The predicted octanol–water partition coefficient (Wildman–Crippen LogP) is 2.85. The molecule has 0 aliphatic heterocycles. The Labute approximate surface area is 121 Å². The number of carboxylic acid groups (broad SMARTS) is 1. The molecule has 0 aromatic rings. The third-order valence-corrected chi connectivity index (χ3v) is 3.78. The predicted molar refractivity (Wildman–Crippen MR) is 78.7 cm³/mol. The molecule has 2 N–H and O–H groups in total. The van der Waals surface area contributed by atoms with E-state index in [0.29, 0.717) is 5.92 Å². The van der Waals surface area contributed by atoms with Crippen LogP contribution in [0.3, 0.4) is 0 Å². The van der Waals surface area contributed by atoms with Crippen molar-refractivity contribution in [1.29, 1.82) is 0 Å². The maximum atomic E-state index is 12.3. The smallest absolute Gasteiger partial charge is 0.317 e. The van der Waals surface area contributed by atoms with Crippen LogP contribution in [0.2, 0.25) is 0 Å². The molecule has 1 aliphatic carbocycles. The molecule has 0 spiro atoms. The Morgan fingerprint density at radius 1 is 1.30 bits per heavy atom. The second-order valence-electron chi connectivity index (χ2n) is 5.99. The SMILES string of the molecule is CCCCCN(C(=O)NC(CC(=O)O)C1CC1)C(C)C. The number of carbonyl (C=O) groups excluding carboxylic acids is 1. The maximum Gasteiger partial charge on any atom is 0.317 e. The van der Waals surface area contributed by atoms with Crippen molar-refractivity contribution in [3.8, 4) is 0 Å². The normalized spacial score (nSPS) is 16.0. The largest absolute Gasteiger partial charge is 0.481 e. The average Bonchev–Trinajstić information content (AvgIpc) is 3.16. The number of nitrogens with zero attached hydrogens (tertiary/aromatic N) is 1. The Morgan fingerprint density at radius 3 is 2.40 bits per heavy atom. The van der Waals surface area contributed by atoms with Crippen molar-refractivity contribution in [2.45, 2.75) is 71.4 Å². The summed E-state index contributed by atoms with van der Waals surface area (Å²) >= 11 is 0. The van der Waals surface area contributed by atoms with Gasteiger partial charge in [0.1, 0.15) is 0 Å². The lowest BCUT2D eigenvalue weighted by molar-refractivity contribution is -0.137. The summed E-state index contributed by atoms with van der Waals surface area (Å²) in [5.74, 6) is -0.496. The zero-order valence-electron chi connectivity index (χ0n) is 12.9. The number of carboxylic acids is 1. The molecular weight excluding hydrogens is 256 g/mol. The van der Waals surface area contributed by atoms with Crippen LogP contribution in [0.5, 0.6) is 0 Å². The second kappa shape index (κ2) is 8.12. The van der Waals surface area contributed by atoms with E-state index in [9.17, 15) is 9.59 Å². The summed E-state index contributed by atoms with van der Waals surface area (Å²) in [6.07, 6.45) is 5.30. The van der Waals surface area contributed by atoms with E-state index in [1.165, 1.54) is 0 Å². The fourth-order valence-electron chi connectivity index (χ4n) is 2.39. The molecule has 0 aromatic carbocycles. The molecule has 1 atom stereocenters. The summed E-state index contributed by atoms with van der Waals surface area (Å²) in [5, 5.41) is 11.9. The number of aliphatic carboxylic acids is 1. The summed E-state index contributed by atoms with van der Waals surface area (Å²) in [6, 6.07) is -0.196. The molecule has 2 amide bonds. The van der Waals surface area contributed by atoms with Gasteiger partial charge in [-0.05, 0) is 39.0 Å². The van der Waals surface area contributed by atoms with Crippen LogP contribution < -0.4 is 5.32 Å². The lowest BCUT2D eigenvalue weighted by Crippen LogP contribution is -2.49. The molecule has 5 heteroatoms. The number of carbonyl (C=O) groups is 2. The number of rotatable bonds is 9. The molecule has 1 saturated carbocycles. The Hall–Kier alpha value is -1.26. The molecule has 1 rings (SSSR count). The third-order valence-electron chi connectivity index (χ3n) is 3.78. The fraction of sp³-hybridized carbons (Fsp3) is 0.867. The van der Waals surface area contributed by atoms with E-state index in [2.05, 4.69) is 12.2 Å². The Morgan fingerprint density at radius 2 is 1.95 bits per heavy atom. The molecule has 0 radical (unpaired) electrons. The number of urea groups is 1.